The third kappa shape index (κ3) is 5.73. The number of nitrogens with zero attached hydrogens (tertiary/aromatic N) is 2. The topological polar surface area (TPSA) is 55.2 Å². The molecule has 1 atom stereocenters. The van der Waals surface area contributed by atoms with E-state index < -0.39 is 0 Å². The fraction of sp³-hybridized carbons (Fsp3) is 0.414. The van der Waals surface area contributed by atoms with Gasteiger partial charge in [0.25, 0.3) is 5.91 Å². The van der Waals surface area contributed by atoms with Crippen molar-refractivity contribution in [2.75, 3.05) is 34.4 Å². The summed E-state index contributed by atoms with van der Waals surface area (Å²) in [6.07, 6.45) is 3.86. The van der Waals surface area contributed by atoms with Gasteiger partial charge in [-0.3, -0.25) is 9.69 Å². The molecule has 2 aromatic carbocycles. The molecule has 4 rings (SSSR count). The number of furan rings is 1. The minimum atomic E-state index is -0.228. The molecule has 0 spiro atoms. The summed E-state index contributed by atoms with van der Waals surface area (Å²) in [4.78, 5) is 17.6. The van der Waals surface area contributed by atoms with Crippen LogP contribution in [0.5, 0.6) is 11.5 Å². The number of benzene rings is 2. The molecule has 0 saturated carbocycles. The van der Waals surface area contributed by atoms with E-state index in [2.05, 4.69) is 11.0 Å². The fourth-order valence-corrected chi connectivity index (χ4v) is 5.19. The lowest BCUT2D eigenvalue weighted by Gasteiger charge is -2.40. The highest BCUT2D eigenvalue weighted by Gasteiger charge is 2.33. The first kappa shape index (κ1) is 25.8. The SMILES string of the molecule is COc1ccc(CN2CCC(C(Cc3ccccc3F)N(C)C(=O)c3ccoc3C)CC2)cc1OC. The summed E-state index contributed by atoms with van der Waals surface area (Å²) in [5.41, 5.74) is 2.36. The van der Waals surface area contributed by atoms with Gasteiger partial charge in [0.15, 0.2) is 11.5 Å². The Morgan fingerprint density at radius 1 is 1.11 bits per heavy atom. The molecule has 0 radical (unpaired) electrons. The number of likely N-dealkylation sites (N-methyl/N-ethyl adjacent to an activating group) is 1. The van der Waals surface area contributed by atoms with Crippen molar-refractivity contribution in [2.45, 2.75) is 38.8 Å². The second kappa shape index (κ2) is 11.6. The van der Waals surface area contributed by atoms with Gasteiger partial charge in [-0.05, 0) is 80.6 Å². The standard InChI is InChI=1S/C29H35FN2O4/c1-20-24(13-16-36-20)29(33)31(2)26(18-23-7-5-6-8-25(23)30)22-11-14-32(15-12-22)19-21-9-10-27(34-3)28(17-21)35-4/h5-10,13,16-17,22,26H,11-12,14-15,18-19H2,1-4H3. The zero-order valence-electron chi connectivity index (χ0n) is 21.5. The van der Waals surface area contributed by atoms with Crippen molar-refractivity contribution in [1.82, 2.24) is 9.80 Å². The Labute approximate surface area is 212 Å². The lowest BCUT2D eigenvalue weighted by Crippen LogP contribution is -2.47. The number of hydrogen-bond donors (Lipinski definition) is 0. The number of ether oxygens (including phenoxy) is 2. The summed E-state index contributed by atoms with van der Waals surface area (Å²) in [7, 11) is 5.11. The maximum atomic E-state index is 14.6. The van der Waals surface area contributed by atoms with E-state index in [1.165, 1.54) is 12.3 Å². The molecule has 1 aliphatic heterocycles. The highest BCUT2D eigenvalue weighted by atomic mass is 19.1. The van der Waals surface area contributed by atoms with Crippen LogP contribution in [-0.2, 0) is 13.0 Å². The molecule has 7 heteroatoms. The van der Waals surface area contributed by atoms with E-state index in [1.54, 1.807) is 38.2 Å². The van der Waals surface area contributed by atoms with Gasteiger partial charge >= 0.3 is 0 Å². The highest BCUT2D eigenvalue weighted by molar-refractivity contribution is 5.95. The van der Waals surface area contributed by atoms with Gasteiger partial charge in [0, 0.05) is 19.6 Å². The maximum absolute atomic E-state index is 14.6. The number of likely N-dealkylation sites (tertiary alicyclic amines) is 1. The predicted octanol–water partition coefficient (Wildman–Crippen LogP) is 5.34. The zero-order chi connectivity index (χ0) is 25.7. The maximum Gasteiger partial charge on any atom is 0.257 e. The molecule has 2 heterocycles. The number of carbonyl (C=O) groups is 1. The molecule has 1 aromatic heterocycles. The van der Waals surface area contributed by atoms with Crippen LogP contribution in [0.3, 0.4) is 0 Å². The lowest BCUT2D eigenvalue weighted by atomic mass is 9.84. The Kier molecular flexibility index (Phi) is 8.31. The van der Waals surface area contributed by atoms with E-state index in [1.807, 2.05) is 31.3 Å². The van der Waals surface area contributed by atoms with Crippen LogP contribution in [0, 0.1) is 18.7 Å². The van der Waals surface area contributed by atoms with E-state index in [-0.39, 0.29) is 23.7 Å². The van der Waals surface area contributed by atoms with Crippen LogP contribution in [0.4, 0.5) is 4.39 Å². The van der Waals surface area contributed by atoms with Crippen molar-refractivity contribution in [3.05, 3.63) is 83.1 Å². The van der Waals surface area contributed by atoms with Gasteiger partial charge in [-0.15, -0.1) is 0 Å². The molecule has 3 aromatic rings. The normalized spacial score (nSPS) is 15.5. The predicted molar refractivity (Wildman–Crippen MR) is 137 cm³/mol. The van der Waals surface area contributed by atoms with E-state index in [4.69, 9.17) is 13.9 Å². The minimum Gasteiger partial charge on any atom is -0.493 e. The minimum absolute atomic E-state index is 0.0876. The Morgan fingerprint density at radius 2 is 1.83 bits per heavy atom. The van der Waals surface area contributed by atoms with Crippen molar-refractivity contribution in [3.63, 3.8) is 0 Å². The number of rotatable bonds is 9. The Morgan fingerprint density at radius 3 is 2.47 bits per heavy atom. The summed E-state index contributed by atoms with van der Waals surface area (Å²) in [6, 6.07) is 14.5. The molecule has 36 heavy (non-hydrogen) atoms. The van der Waals surface area contributed by atoms with Gasteiger partial charge < -0.3 is 18.8 Å². The number of carbonyl (C=O) groups excluding carboxylic acids is 1. The molecule has 1 amide bonds. The highest BCUT2D eigenvalue weighted by Crippen LogP contribution is 2.31. The quantitative estimate of drug-likeness (QED) is 0.402. The molecular formula is C29H35FN2O4. The van der Waals surface area contributed by atoms with Crippen LogP contribution >= 0.6 is 0 Å². The lowest BCUT2D eigenvalue weighted by molar-refractivity contribution is 0.0581. The van der Waals surface area contributed by atoms with Crippen LogP contribution in [0.1, 0.15) is 40.1 Å². The summed E-state index contributed by atoms with van der Waals surface area (Å²) < 4.78 is 30.8. The van der Waals surface area contributed by atoms with Crippen molar-refractivity contribution in [2.24, 2.45) is 5.92 Å². The summed E-state index contributed by atoms with van der Waals surface area (Å²) in [5.74, 6) is 1.98. The zero-order valence-corrected chi connectivity index (χ0v) is 21.5. The van der Waals surface area contributed by atoms with Crippen molar-refractivity contribution in [1.29, 1.82) is 0 Å². The van der Waals surface area contributed by atoms with Crippen molar-refractivity contribution >= 4 is 5.91 Å². The van der Waals surface area contributed by atoms with E-state index in [9.17, 15) is 9.18 Å². The fourth-order valence-electron chi connectivity index (χ4n) is 5.19. The Bertz CT molecular complexity index is 1170. The Balaban J connectivity index is 1.47. The molecule has 6 nitrogen and oxygen atoms in total. The smallest absolute Gasteiger partial charge is 0.257 e. The van der Waals surface area contributed by atoms with Gasteiger partial charge in [0.2, 0.25) is 0 Å². The second-order valence-electron chi connectivity index (χ2n) is 9.47. The average Bonchev–Trinajstić information content (AvgIpc) is 3.33. The Hall–Kier alpha value is -3.32. The third-order valence-electron chi connectivity index (χ3n) is 7.32. The molecule has 192 valence electrons. The molecule has 1 saturated heterocycles. The van der Waals surface area contributed by atoms with E-state index >= 15 is 0 Å². The number of piperidine rings is 1. The second-order valence-corrected chi connectivity index (χ2v) is 9.47. The number of aryl methyl sites for hydroxylation is 1. The molecular weight excluding hydrogens is 459 g/mol. The number of halogens is 1. The third-order valence-corrected chi connectivity index (χ3v) is 7.32. The van der Waals surface area contributed by atoms with Crippen LogP contribution in [0.2, 0.25) is 0 Å². The summed E-state index contributed by atoms with van der Waals surface area (Å²) in [6.45, 7) is 4.41. The molecule has 1 aliphatic rings. The first-order valence-corrected chi connectivity index (χ1v) is 12.4. The van der Waals surface area contributed by atoms with Gasteiger partial charge in [0.05, 0.1) is 26.0 Å². The van der Waals surface area contributed by atoms with Crippen molar-refractivity contribution in [3.8, 4) is 11.5 Å². The molecule has 0 bridgehead atoms. The molecule has 0 aliphatic carbocycles. The average molecular weight is 495 g/mol. The van der Waals surface area contributed by atoms with Crippen molar-refractivity contribution < 1.29 is 23.1 Å². The van der Waals surface area contributed by atoms with Crippen LogP contribution in [-0.4, -0.2) is 56.1 Å². The van der Waals surface area contributed by atoms with Crippen LogP contribution in [0.15, 0.2) is 59.2 Å². The van der Waals surface area contributed by atoms with Gasteiger partial charge in [0.1, 0.15) is 11.6 Å². The number of amides is 1. The molecule has 1 unspecified atom stereocenters. The molecule has 1 fully saturated rings. The monoisotopic (exact) mass is 494 g/mol. The van der Waals surface area contributed by atoms with E-state index in [0.717, 1.165) is 49.5 Å². The molecule has 0 N–H and O–H groups in total. The van der Waals surface area contributed by atoms with Gasteiger partial charge in [-0.25, -0.2) is 4.39 Å². The van der Waals surface area contributed by atoms with Crippen LogP contribution in [0.25, 0.3) is 0 Å². The first-order chi connectivity index (χ1) is 17.4. The van der Waals surface area contributed by atoms with Crippen LogP contribution < -0.4 is 9.47 Å². The number of methoxy groups -OCH3 is 2. The first-order valence-electron chi connectivity index (χ1n) is 12.4. The van der Waals surface area contributed by atoms with E-state index in [0.29, 0.717) is 23.3 Å². The summed E-state index contributed by atoms with van der Waals surface area (Å²) in [5, 5.41) is 0. The largest absolute Gasteiger partial charge is 0.493 e. The van der Waals surface area contributed by atoms with Gasteiger partial charge in [-0.2, -0.15) is 0 Å². The number of hydrogen-bond acceptors (Lipinski definition) is 5. The summed E-state index contributed by atoms with van der Waals surface area (Å²) >= 11 is 0. The van der Waals surface area contributed by atoms with Gasteiger partial charge in [-0.1, -0.05) is 24.3 Å².